The minimum Gasteiger partial charge on any atom is -0.472 e. The fraction of sp³-hybridized carbons (Fsp3) is 0.118. The molecule has 1 unspecified atom stereocenters. The van der Waals surface area contributed by atoms with Gasteiger partial charge in [0.05, 0.1) is 25.3 Å². The van der Waals surface area contributed by atoms with Gasteiger partial charge in [-0.3, -0.25) is 4.79 Å². The van der Waals surface area contributed by atoms with Crippen molar-refractivity contribution < 1.29 is 18.7 Å². The Hall–Kier alpha value is -2.57. The molecule has 118 valence electrons. The van der Waals surface area contributed by atoms with Crippen LogP contribution in [0.2, 0.25) is 0 Å². The Morgan fingerprint density at radius 2 is 2.26 bits per heavy atom. The summed E-state index contributed by atoms with van der Waals surface area (Å²) in [6, 6.07) is 6.88. The number of aliphatic hydroxyl groups is 1. The van der Waals surface area contributed by atoms with Gasteiger partial charge < -0.3 is 19.3 Å². The van der Waals surface area contributed by atoms with Crippen LogP contribution < -0.4 is 5.32 Å². The summed E-state index contributed by atoms with van der Waals surface area (Å²) in [7, 11) is 0. The van der Waals surface area contributed by atoms with Crippen molar-refractivity contribution in [2.24, 2.45) is 0 Å². The molecule has 0 radical (unpaired) electrons. The van der Waals surface area contributed by atoms with E-state index in [0.29, 0.717) is 11.3 Å². The Bertz CT molecular complexity index is 724. The van der Waals surface area contributed by atoms with E-state index >= 15 is 0 Å². The van der Waals surface area contributed by atoms with Crippen LogP contribution in [0.15, 0.2) is 68.7 Å². The molecule has 2 N–H and O–H groups in total. The number of thiophene rings is 1. The summed E-state index contributed by atoms with van der Waals surface area (Å²) < 4.78 is 10.3. The molecule has 1 amide bonds. The highest BCUT2D eigenvalue weighted by atomic mass is 32.1. The van der Waals surface area contributed by atoms with Gasteiger partial charge in [-0.25, -0.2) is 0 Å². The van der Waals surface area contributed by atoms with E-state index in [9.17, 15) is 9.90 Å². The molecular weight excluding hydrogens is 314 g/mol. The quantitative estimate of drug-likeness (QED) is 0.682. The molecule has 1 atom stereocenters. The molecule has 5 nitrogen and oxygen atoms in total. The lowest BCUT2D eigenvalue weighted by atomic mass is 9.93. The molecule has 3 aromatic rings. The summed E-state index contributed by atoms with van der Waals surface area (Å²) in [4.78, 5) is 12.0. The first-order valence-electron chi connectivity index (χ1n) is 6.95. The van der Waals surface area contributed by atoms with Crippen LogP contribution in [0.3, 0.4) is 0 Å². The first-order chi connectivity index (χ1) is 11.2. The van der Waals surface area contributed by atoms with Crippen molar-refractivity contribution in [2.75, 3.05) is 6.54 Å². The highest BCUT2D eigenvalue weighted by molar-refractivity contribution is 7.08. The summed E-state index contributed by atoms with van der Waals surface area (Å²) in [5.74, 6) is 0.0330. The van der Waals surface area contributed by atoms with Crippen molar-refractivity contribution in [1.29, 1.82) is 0 Å². The Morgan fingerprint density at radius 3 is 2.91 bits per heavy atom. The lowest BCUT2D eigenvalue weighted by molar-refractivity contribution is -0.117. The molecule has 0 saturated heterocycles. The molecule has 0 saturated carbocycles. The third-order valence-electron chi connectivity index (χ3n) is 3.42. The van der Waals surface area contributed by atoms with Crippen LogP contribution in [-0.4, -0.2) is 17.6 Å². The average Bonchev–Trinajstić information content (AvgIpc) is 3.33. The van der Waals surface area contributed by atoms with Gasteiger partial charge >= 0.3 is 0 Å². The Morgan fingerprint density at radius 1 is 1.35 bits per heavy atom. The second kappa shape index (κ2) is 6.68. The van der Waals surface area contributed by atoms with Crippen molar-refractivity contribution in [2.45, 2.75) is 5.60 Å². The normalized spacial score (nSPS) is 14.0. The van der Waals surface area contributed by atoms with Crippen molar-refractivity contribution in [1.82, 2.24) is 5.32 Å². The molecule has 0 aliphatic carbocycles. The summed E-state index contributed by atoms with van der Waals surface area (Å²) >= 11 is 1.56. The fourth-order valence-corrected chi connectivity index (χ4v) is 2.79. The maximum Gasteiger partial charge on any atom is 0.244 e. The van der Waals surface area contributed by atoms with Gasteiger partial charge in [-0.2, -0.15) is 11.3 Å². The average molecular weight is 329 g/mol. The predicted molar refractivity (Wildman–Crippen MR) is 86.8 cm³/mol. The second-order valence-electron chi connectivity index (χ2n) is 4.96. The molecule has 3 heterocycles. The van der Waals surface area contributed by atoms with Crippen LogP contribution in [0.25, 0.3) is 6.08 Å². The Labute approximate surface area is 136 Å². The van der Waals surface area contributed by atoms with Gasteiger partial charge in [0, 0.05) is 11.6 Å². The van der Waals surface area contributed by atoms with E-state index in [1.54, 1.807) is 35.6 Å². The van der Waals surface area contributed by atoms with Crippen LogP contribution in [0.5, 0.6) is 0 Å². The molecule has 3 aromatic heterocycles. The number of hydrogen-bond acceptors (Lipinski definition) is 5. The van der Waals surface area contributed by atoms with Crippen LogP contribution in [0.1, 0.15) is 16.9 Å². The van der Waals surface area contributed by atoms with Gasteiger partial charge in [0.15, 0.2) is 5.60 Å². The van der Waals surface area contributed by atoms with Crippen molar-refractivity contribution in [3.05, 3.63) is 76.8 Å². The first-order valence-corrected chi connectivity index (χ1v) is 7.90. The van der Waals surface area contributed by atoms with E-state index in [1.807, 2.05) is 16.8 Å². The molecular formula is C17H15NO4S. The zero-order valence-electron chi connectivity index (χ0n) is 12.1. The zero-order chi connectivity index (χ0) is 16.1. The van der Waals surface area contributed by atoms with Gasteiger partial charge in [0.1, 0.15) is 5.76 Å². The van der Waals surface area contributed by atoms with E-state index in [1.165, 1.54) is 24.9 Å². The van der Waals surface area contributed by atoms with Gasteiger partial charge in [-0.1, -0.05) is 0 Å². The van der Waals surface area contributed by atoms with Gasteiger partial charge in [0.2, 0.25) is 5.91 Å². The summed E-state index contributed by atoms with van der Waals surface area (Å²) in [5.41, 5.74) is -0.0154. The molecule has 0 spiro atoms. The predicted octanol–water partition coefficient (Wildman–Crippen LogP) is 3.00. The molecule has 0 fully saturated rings. The zero-order valence-corrected chi connectivity index (χ0v) is 13.0. The largest absolute Gasteiger partial charge is 0.472 e. The van der Waals surface area contributed by atoms with Crippen molar-refractivity contribution in [3.8, 4) is 0 Å². The molecule has 3 rings (SSSR count). The number of rotatable bonds is 6. The van der Waals surface area contributed by atoms with E-state index in [0.717, 1.165) is 5.56 Å². The Kier molecular flexibility index (Phi) is 4.45. The molecule has 0 bridgehead atoms. The fourth-order valence-electron chi connectivity index (χ4n) is 2.16. The first kappa shape index (κ1) is 15.3. The van der Waals surface area contributed by atoms with Crippen LogP contribution in [0, 0.1) is 0 Å². The van der Waals surface area contributed by atoms with Gasteiger partial charge in [-0.15, -0.1) is 0 Å². The Balaban J connectivity index is 1.71. The maximum absolute atomic E-state index is 12.0. The van der Waals surface area contributed by atoms with Gasteiger partial charge in [-0.05, 0) is 46.7 Å². The number of furan rings is 2. The SMILES string of the molecule is O=C(C=Cc1ccsc1)NCC(O)(c1ccoc1)c1ccco1. The molecule has 6 heteroatoms. The molecule has 0 aliphatic heterocycles. The van der Waals surface area contributed by atoms with Crippen molar-refractivity contribution in [3.63, 3.8) is 0 Å². The molecule has 0 aromatic carbocycles. The number of carbonyl (C=O) groups excluding carboxylic acids is 1. The highest BCUT2D eigenvalue weighted by Crippen LogP contribution is 2.29. The maximum atomic E-state index is 12.0. The van der Waals surface area contributed by atoms with Crippen molar-refractivity contribution >= 4 is 23.3 Å². The number of amides is 1. The molecule has 0 aliphatic rings. The molecule has 23 heavy (non-hydrogen) atoms. The smallest absolute Gasteiger partial charge is 0.244 e. The number of hydrogen-bond donors (Lipinski definition) is 2. The third kappa shape index (κ3) is 3.44. The minimum atomic E-state index is -1.48. The van der Waals surface area contributed by atoms with E-state index in [2.05, 4.69) is 5.32 Å². The second-order valence-corrected chi connectivity index (χ2v) is 5.74. The summed E-state index contributed by atoms with van der Waals surface area (Å²) in [6.07, 6.45) is 7.51. The van der Waals surface area contributed by atoms with Crippen LogP contribution in [-0.2, 0) is 10.4 Å². The monoisotopic (exact) mass is 329 g/mol. The van der Waals surface area contributed by atoms with E-state index in [4.69, 9.17) is 8.83 Å². The van der Waals surface area contributed by atoms with Crippen LogP contribution >= 0.6 is 11.3 Å². The summed E-state index contributed by atoms with van der Waals surface area (Å²) in [5, 5.41) is 17.5. The highest BCUT2D eigenvalue weighted by Gasteiger charge is 2.35. The third-order valence-corrected chi connectivity index (χ3v) is 4.12. The topological polar surface area (TPSA) is 75.6 Å². The van der Waals surface area contributed by atoms with E-state index in [-0.39, 0.29) is 12.5 Å². The number of carbonyl (C=O) groups is 1. The number of nitrogens with one attached hydrogen (secondary N) is 1. The van der Waals surface area contributed by atoms with Gasteiger partial charge in [0.25, 0.3) is 0 Å². The van der Waals surface area contributed by atoms with Crippen LogP contribution in [0.4, 0.5) is 0 Å². The minimum absolute atomic E-state index is 0.0349. The lowest BCUT2D eigenvalue weighted by Crippen LogP contribution is -2.40. The van der Waals surface area contributed by atoms with E-state index < -0.39 is 5.60 Å². The summed E-state index contributed by atoms with van der Waals surface area (Å²) in [6.45, 7) is -0.0349. The lowest BCUT2D eigenvalue weighted by Gasteiger charge is -2.24. The standard InChI is InChI=1S/C17H15NO4S/c19-16(4-3-13-6-9-23-11-13)18-12-17(20,14-5-8-21-10-14)15-2-1-7-22-15/h1-11,20H,12H2,(H,18,19).